The summed E-state index contributed by atoms with van der Waals surface area (Å²) in [4.78, 5) is 17.4. The fraction of sp³-hybridized carbons (Fsp3) is 0.296. The molecule has 1 heterocycles. The molecule has 0 saturated carbocycles. The standard InChI is InChI=1S/C27H29ClN2O3/c1-3-32-26-12-9-21(17-22(26)19-33-25-10-7-20(2)8-11-25)27(31)30-15-13-29(14-16-30)24-6-4-5-23(28)18-24/h4-12,17-18H,3,13-16,19H2,1-2H3. The quantitative estimate of drug-likeness (QED) is 0.457. The first-order valence-corrected chi connectivity index (χ1v) is 11.7. The number of aryl methyl sites for hydroxylation is 1. The molecule has 0 aromatic heterocycles. The molecule has 6 heteroatoms. The second-order valence-corrected chi connectivity index (χ2v) is 8.55. The number of benzene rings is 3. The lowest BCUT2D eigenvalue weighted by Gasteiger charge is -2.36. The average molecular weight is 465 g/mol. The molecule has 3 aromatic carbocycles. The van der Waals surface area contributed by atoms with Gasteiger partial charge in [-0.3, -0.25) is 4.79 Å². The van der Waals surface area contributed by atoms with Gasteiger partial charge in [0.15, 0.2) is 0 Å². The summed E-state index contributed by atoms with van der Waals surface area (Å²) in [6.07, 6.45) is 0. The molecule has 0 unspecified atom stereocenters. The van der Waals surface area contributed by atoms with E-state index in [1.54, 1.807) is 0 Å². The Hall–Kier alpha value is -3.18. The predicted octanol–water partition coefficient (Wildman–Crippen LogP) is 5.59. The summed E-state index contributed by atoms with van der Waals surface area (Å²) in [5, 5.41) is 0.723. The maximum Gasteiger partial charge on any atom is 0.253 e. The predicted molar refractivity (Wildman–Crippen MR) is 133 cm³/mol. The normalized spacial score (nSPS) is 13.7. The van der Waals surface area contributed by atoms with Crippen LogP contribution in [0, 0.1) is 6.92 Å². The summed E-state index contributed by atoms with van der Waals surface area (Å²) >= 11 is 6.13. The Balaban J connectivity index is 1.43. The summed E-state index contributed by atoms with van der Waals surface area (Å²) in [5.41, 5.74) is 3.78. The van der Waals surface area contributed by atoms with E-state index in [2.05, 4.69) is 11.0 Å². The zero-order chi connectivity index (χ0) is 23.2. The van der Waals surface area contributed by atoms with E-state index in [9.17, 15) is 4.79 Å². The molecule has 0 bridgehead atoms. The zero-order valence-corrected chi connectivity index (χ0v) is 19.8. The topological polar surface area (TPSA) is 42.0 Å². The molecule has 1 aliphatic rings. The van der Waals surface area contributed by atoms with Crippen molar-refractivity contribution in [1.82, 2.24) is 4.90 Å². The maximum atomic E-state index is 13.2. The molecular weight excluding hydrogens is 436 g/mol. The number of ether oxygens (including phenoxy) is 2. The molecular formula is C27H29ClN2O3. The van der Waals surface area contributed by atoms with E-state index in [0.717, 1.165) is 40.9 Å². The molecule has 0 spiro atoms. The molecule has 172 valence electrons. The summed E-state index contributed by atoms with van der Waals surface area (Å²) < 4.78 is 11.7. The van der Waals surface area contributed by atoms with E-state index in [1.807, 2.05) is 79.4 Å². The minimum atomic E-state index is 0.0281. The number of amides is 1. The highest BCUT2D eigenvalue weighted by molar-refractivity contribution is 6.30. The summed E-state index contributed by atoms with van der Waals surface area (Å²) in [6.45, 7) is 7.74. The summed E-state index contributed by atoms with van der Waals surface area (Å²) in [7, 11) is 0. The van der Waals surface area contributed by atoms with Gasteiger partial charge in [0.25, 0.3) is 5.91 Å². The van der Waals surface area contributed by atoms with Gasteiger partial charge in [-0.2, -0.15) is 0 Å². The van der Waals surface area contributed by atoms with Gasteiger partial charge in [0.2, 0.25) is 0 Å². The number of carbonyl (C=O) groups is 1. The molecule has 1 aliphatic heterocycles. The van der Waals surface area contributed by atoms with Gasteiger partial charge in [0, 0.05) is 48.0 Å². The van der Waals surface area contributed by atoms with Crippen LogP contribution in [-0.2, 0) is 6.61 Å². The van der Waals surface area contributed by atoms with E-state index >= 15 is 0 Å². The minimum absolute atomic E-state index is 0.0281. The maximum absolute atomic E-state index is 13.2. The first kappa shape index (κ1) is 23.0. The molecule has 0 radical (unpaired) electrons. The number of anilines is 1. The van der Waals surface area contributed by atoms with Crippen molar-refractivity contribution in [3.05, 3.63) is 88.4 Å². The van der Waals surface area contributed by atoms with Gasteiger partial charge in [-0.1, -0.05) is 35.4 Å². The molecule has 1 amide bonds. The molecule has 0 aliphatic carbocycles. The van der Waals surface area contributed by atoms with Crippen LogP contribution in [0.4, 0.5) is 5.69 Å². The Morgan fingerprint density at radius 1 is 0.939 bits per heavy atom. The monoisotopic (exact) mass is 464 g/mol. The van der Waals surface area contributed by atoms with E-state index < -0.39 is 0 Å². The Labute approximate surface area is 200 Å². The van der Waals surface area contributed by atoms with Crippen LogP contribution in [0.2, 0.25) is 5.02 Å². The van der Waals surface area contributed by atoms with Crippen molar-refractivity contribution < 1.29 is 14.3 Å². The highest BCUT2D eigenvalue weighted by atomic mass is 35.5. The van der Waals surface area contributed by atoms with Crippen molar-refractivity contribution in [2.75, 3.05) is 37.7 Å². The smallest absolute Gasteiger partial charge is 0.253 e. The van der Waals surface area contributed by atoms with Gasteiger partial charge in [0.05, 0.1) is 6.61 Å². The number of halogens is 1. The molecule has 1 saturated heterocycles. The van der Waals surface area contributed by atoms with E-state index in [4.69, 9.17) is 21.1 Å². The zero-order valence-electron chi connectivity index (χ0n) is 19.1. The third kappa shape index (κ3) is 5.79. The third-order valence-corrected chi connectivity index (χ3v) is 6.00. The van der Waals surface area contributed by atoms with Crippen molar-refractivity contribution >= 4 is 23.2 Å². The van der Waals surface area contributed by atoms with Gasteiger partial charge in [-0.05, 0) is 62.4 Å². The number of hydrogen-bond donors (Lipinski definition) is 0. The van der Waals surface area contributed by atoms with Crippen LogP contribution in [0.1, 0.15) is 28.4 Å². The number of hydrogen-bond acceptors (Lipinski definition) is 4. The third-order valence-electron chi connectivity index (χ3n) is 5.76. The van der Waals surface area contributed by atoms with Crippen molar-refractivity contribution in [3.63, 3.8) is 0 Å². The Morgan fingerprint density at radius 3 is 2.39 bits per heavy atom. The van der Waals surface area contributed by atoms with Crippen molar-refractivity contribution in [2.24, 2.45) is 0 Å². The van der Waals surface area contributed by atoms with E-state index in [0.29, 0.717) is 31.9 Å². The van der Waals surface area contributed by atoms with Gasteiger partial charge in [0.1, 0.15) is 18.1 Å². The fourth-order valence-corrected chi connectivity index (χ4v) is 4.12. The SMILES string of the molecule is CCOc1ccc(C(=O)N2CCN(c3cccc(Cl)c3)CC2)cc1COc1ccc(C)cc1. The van der Waals surface area contributed by atoms with Crippen LogP contribution in [-0.4, -0.2) is 43.6 Å². The molecule has 0 atom stereocenters. The molecule has 1 fully saturated rings. The first-order chi connectivity index (χ1) is 16.0. The van der Waals surface area contributed by atoms with Crippen LogP contribution in [0.3, 0.4) is 0 Å². The van der Waals surface area contributed by atoms with Gasteiger partial charge in [-0.15, -0.1) is 0 Å². The lowest BCUT2D eigenvalue weighted by atomic mass is 10.1. The van der Waals surface area contributed by atoms with Crippen molar-refractivity contribution in [2.45, 2.75) is 20.5 Å². The number of rotatable bonds is 7. The first-order valence-electron chi connectivity index (χ1n) is 11.3. The Morgan fingerprint density at radius 2 is 1.70 bits per heavy atom. The van der Waals surface area contributed by atoms with Crippen molar-refractivity contribution in [3.8, 4) is 11.5 Å². The van der Waals surface area contributed by atoms with Gasteiger partial charge >= 0.3 is 0 Å². The summed E-state index contributed by atoms with van der Waals surface area (Å²) in [6, 6.07) is 21.4. The highest BCUT2D eigenvalue weighted by Crippen LogP contribution is 2.25. The largest absolute Gasteiger partial charge is 0.493 e. The van der Waals surface area contributed by atoms with Crippen LogP contribution in [0.25, 0.3) is 0 Å². The molecule has 5 nitrogen and oxygen atoms in total. The molecule has 33 heavy (non-hydrogen) atoms. The van der Waals surface area contributed by atoms with Gasteiger partial charge in [-0.25, -0.2) is 0 Å². The minimum Gasteiger partial charge on any atom is -0.493 e. The second-order valence-electron chi connectivity index (χ2n) is 8.12. The van der Waals surface area contributed by atoms with E-state index in [-0.39, 0.29) is 5.91 Å². The highest BCUT2D eigenvalue weighted by Gasteiger charge is 2.23. The van der Waals surface area contributed by atoms with Crippen LogP contribution in [0.15, 0.2) is 66.7 Å². The number of piperazine rings is 1. The lowest BCUT2D eigenvalue weighted by Crippen LogP contribution is -2.48. The molecule has 0 N–H and O–H groups in total. The Kier molecular flexibility index (Phi) is 7.40. The average Bonchev–Trinajstić information content (AvgIpc) is 2.84. The lowest BCUT2D eigenvalue weighted by molar-refractivity contribution is 0.0746. The van der Waals surface area contributed by atoms with Crippen LogP contribution >= 0.6 is 11.6 Å². The van der Waals surface area contributed by atoms with Crippen molar-refractivity contribution in [1.29, 1.82) is 0 Å². The van der Waals surface area contributed by atoms with E-state index in [1.165, 1.54) is 5.56 Å². The number of nitrogens with zero attached hydrogens (tertiary/aromatic N) is 2. The molecule has 4 rings (SSSR count). The summed E-state index contributed by atoms with van der Waals surface area (Å²) in [5.74, 6) is 1.56. The number of carbonyl (C=O) groups excluding carboxylic acids is 1. The second kappa shape index (κ2) is 10.6. The fourth-order valence-electron chi connectivity index (χ4n) is 3.94. The van der Waals surface area contributed by atoms with Gasteiger partial charge < -0.3 is 19.3 Å². The molecule has 3 aromatic rings. The van der Waals surface area contributed by atoms with Crippen LogP contribution in [0.5, 0.6) is 11.5 Å². The Bertz CT molecular complexity index is 1090. The van der Waals surface area contributed by atoms with Crippen LogP contribution < -0.4 is 14.4 Å².